The molecule has 2 rings (SSSR count). The van der Waals surface area contributed by atoms with Crippen LogP contribution in [0.1, 0.15) is 15.9 Å². The maximum atomic E-state index is 11.4. The highest BCUT2D eigenvalue weighted by molar-refractivity contribution is 5.93. The van der Waals surface area contributed by atoms with Crippen LogP contribution in [-0.4, -0.2) is 48.8 Å². The van der Waals surface area contributed by atoms with E-state index in [1.165, 1.54) is 6.07 Å². The van der Waals surface area contributed by atoms with Crippen LogP contribution in [0.25, 0.3) is 0 Å². The van der Waals surface area contributed by atoms with E-state index in [0.717, 1.165) is 12.0 Å². The van der Waals surface area contributed by atoms with Crippen LogP contribution in [0.4, 0.5) is 0 Å². The Hall–Kier alpha value is -2.12. The summed E-state index contributed by atoms with van der Waals surface area (Å²) in [6.45, 7) is 1.15. The number of benzene rings is 1. The molecule has 0 aliphatic carbocycles. The molecule has 1 aliphatic rings. The number of hydrogen-bond donors (Lipinski definition) is 2. The van der Waals surface area contributed by atoms with Crippen LogP contribution in [0.15, 0.2) is 18.2 Å². The van der Waals surface area contributed by atoms with E-state index in [9.17, 15) is 9.59 Å². The van der Waals surface area contributed by atoms with Crippen LogP contribution >= 0.6 is 0 Å². The van der Waals surface area contributed by atoms with Crippen LogP contribution in [0.3, 0.4) is 0 Å². The van der Waals surface area contributed by atoms with Crippen molar-refractivity contribution in [2.75, 3.05) is 20.3 Å². The van der Waals surface area contributed by atoms with Crippen LogP contribution in [0, 0.1) is 0 Å². The molecule has 7 heteroatoms. The molecular weight excluding hydrogens is 264 g/mol. The number of ether oxygens (including phenoxy) is 2. The number of carbonyl (C=O) groups excluding carboxylic acids is 2. The molecule has 1 aromatic carbocycles. The smallest absolute Gasteiger partial charge is 0.274 e. The third-order valence-corrected chi connectivity index (χ3v) is 3.04. The summed E-state index contributed by atoms with van der Waals surface area (Å²) in [5, 5.41) is 8.65. The van der Waals surface area contributed by atoms with Gasteiger partial charge in [0.25, 0.3) is 5.91 Å². The highest BCUT2D eigenvalue weighted by Gasteiger charge is 2.23. The summed E-state index contributed by atoms with van der Waals surface area (Å²) in [6.07, 6.45) is 0.453. The molecule has 0 spiro atoms. The van der Waals surface area contributed by atoms with Gasteiger partial charge in [-0.05, 0) is 12.1 Å². The van der Waals surface area contributed by atoms with Crippen LogP contribution in [-0.2, 0) is 16.1 Å². The molecule has 1 atom stereocenters. The SMILES string of the molecule is COC[C@H]1CN(C=O)Cc2ccc(C(=O)NO)cc2O1. The summed E-state index contributed by atoms with van der Waals surface area (Å²) >= 11 is 0. The Morgan fingerprint density at radius 2 is 2.45 bits per heavy atom. The molecule has 1 aromatic rings. The number of amides is 2. The Labute approximate surface area is 116 Å². The van der Waals surface area contributed by atoms with Gasteiger partial charge in [0.15, 0.2) is 0 Å². The Kier molecular flexibility index (Phi) is 4.54. The zero-order valence-corrected chi connectivity index (χ0v) is 11.0. The summed E-state index contributed by atoms with van der Waals surface area (Å²) < 4.78 is 10.8. The van der Waals surface area contributed by atoms with Gasteiger partial charge in [-0.15, -0.1) is 0 Å². The van der Waals surface area contributed by atoms with Gasteiger partial charge in [-0.2, -0.15) is 0 Å². The number of hydrogen-bond acceptors (Lipinski definition) is 5. The molecule has 1 heterocycles. The van der Waals surface area contributed by atoms with Gasteiger partial charge in [-0.25, -0.2) is 5.48 Å². The van der Waals surface area contributed by atoms with Crippen molar-refractivity contribution in [1.29, 1.82) is 0 Å². The molecule has 2 N–H and O–H groups in total. The topological polar surface area (TPSA) is 88.1 Å². The minimum absolute atomic E-state index is 0.280. The zero-order chi connectivity index (χ0) is 14.5. The molecule has 0 saturated carbocycles. The fourth-order valence-corrected chi connectivity index (χ4v) is 2.12. The Morgan fingerprint density at radius 3 is 3.10 bits per heavy atom. The average Bonchev–Trinajstić information content (AvgIpc) is 2.64. The molecule has 0 radical (unpaired) electrons. The van der Waals surface area contributed by atoms with Gasteiger partial charge in [0.2, 0.25) is 6.41 Å². The number of hydroxylamine groups is 1. The summed E-state index contributed by atoms with van der Waals surface area (Å²) in [5.41, 5.74) is 2.65. The van der Waals surface area contributed by atoms with Gasteiger partial charge in [0, 0.05) is 24.8 Å². The van der Waals surface area contributed by atoms with Crippen molar-refractivity contribution >= 4 is 12.3 Å². The Balaban J connectivity index is 2.31. The summed E-state index contributed by atoms with van der Waals surface area (Å²) in [5.74, 6) is -0.103. The lowest BCUT2D eigenvalue weighted by Gasteiger charge is -2.19. The van der Waals surface area contributed by atoms with Gasteiger partial charge in [-0.1, -0.05) is 6.07 Å². The van der Waals surface area contributed by atoms with Crippen molar-refractivity contribution in [1.82, 2.24) is 10.4 Å². The average molecular weight is 280 g/mol. The second-order valence-electron chi connectivity index (χ2n) is 4.49. The maximum Gasteiger partial charge on any atom is 0.274 e. The number of rotatable bonds is 4. The standard InChI is InChI=1S/C13H16N2O5/c1-19-7-11-6-15(8-16)5-10-3-2-9(13(17)14-18)4-12(10)20-11/h2-4,8,11,18H,5-7H2,1H3,(H,14,17)/t11-/m1/s1. The second kappa shape index (κ2) is 6.36. The first-order valence-electron chi connectivity index (χ1n) is 6.10. The monoisotopic (exact) mass is 280 g/mol. The summed E-state index contributed by atoms with van der Waals surface area (Å²) in [6, 6.07) is 4.80. The minimum atomic E-state index is -0.615. The van der Waals surface area contributed by atoms with Gasteiger partial charge < -0.3 is 14.4 Å². The van der Waals surface area contributed by atoms with Crippen LogP contribution < -0.4 is 10.2 Å². The molecule has 0 bridgehead atoms. The zero-order valence-electron chi connectivity index (χ0n) is 11.0. The molecule has 0 unspecified atom stereocenters. The summed E-state index contributed by atoms with van der Waals surface area (Å²) in [4.78, 5) is 24.0. The van der Waals surface area contributed by atoms with Crippen LogP contribution in [0.5, 0.6) is 5.75 Å². The first kappa shape index (κ1) is 14.3. The lowest BCUT2D eigenvalue weighted by atomic mass is 10.1. The van der Waals surface area contributed by atoms with E-state index in [2.05, 4.69) is 0 Å². The first-order chi connectivity index (χ1) is 9.67. The number of nitrogens with zero attached hydrogens (tertiary/aromatic N) is 1. The van der Waals surface area contributed by atoms with Gasteiger partial charge >= 0.3 is 0 Å². The van der Waals surface area contributed by atoms with Gasteiger partial charge in [-0.3, -0.25) is 14.8 Å². The van der Waals surface area contributed by atoms with E-state index in [0.29, 0.717) is 25.4 Å². The lowest BCUT2D eigenvalue weighted by molar-refractivity contribution is -0.119. The lowest BCUT2D eigenvalue weighted by Crippen LogP contribution is -2.34. The Morgan fingerprint density at radius 1 is 1.65 bits per heavy atom. The quantitative estimate of drug-likeness (QED) is 0.466. The van der Waals surface area contributed by atoms with Crippen molar-refractivity contribution in [2.24, 2.45) is 0 Å². The van der Waals surface area contributed by atoms with E-state index in [1.54, 1.807) is 29.6 Å². The predicted octanol–water partition coefficient (Wildman–Crippen LogP) is 0.171. The third-order valence-electron chi connectivity index (χ3n) is 3.04. The minimum Gasteiger partial charge on any atom is -0.486 e. The largest absolute Gasteiger partial charge is 0.486 e. The van der Waals surface area contributed by atoms with Crippen LogP contribution in [0.2, 0.25) is 0 Å². The van der Waals surface area contributed by atoms with Crippen molar-refractivity contribution in [3.8, 4) is 5.75 Å². The number of nitrogens with one attached hydrogen (secondary N) is 1. The van der Waals surface area contributed by atoms with E-state index < -0.39 is 5.91 Å². The fourth-order valence-electron chi connectivity index (χ4n) is 2.12. The van der Waals surface area contributed by atoms with Crippen molar-refractivity contribution < 1.29 is 24.3 Å². The molecule has 1 aliphatic heterocycles. The molecule has 0 aromatic heterocycles. The van der Waals surface area contributed by atoms with E-state index in [-0.39, 0.29) is 11.7 Å². The molecule has 0 saturated heterocycles. The normalized spacial score (nSPS) is 17.7. The second-order valence-corrected chi connectivity index (χ2v) is 4.49. The molecule has 20 heavy (non-hydrogen) atoms. The van der Waals surface area contributed by atoms with Gasteiger partial charge in [0.1, 0.15) is 11.9 Å². The van der Waals surface area contributed by atoms with Crippen molar-refractivity contribution in [3.05, 3.63) is 29.3 Å². The van der Waals surface area contributed by atoms with Crippen molar-refractivity contribution in [2.45, 2.75) is 12.6 Å². The fraction of sp³-hybridized carbons (Fsp3) is 0.385. The molecular formula is C13H16N2O5. The molecule has 0 fully saturated rings. The number of carbonyl (C=O) groups is 2. The molecule has 108 valence electrons. The summed E-state index contributed by atoms with van der Waals surface area (Å²) in [7, 11) is 1.55. The van der Waals surface area contributed by atoms with E-state index in [4.69, 9.17) is 14.7 Å². The molecule has 2 amide bonds. The highest BCUT2D eigenvalue weighted by atomic mass is 16.5. The molecule has 7 nitrogen and oxygen atoms in total. The first-order valence-corrected chi connectivity index (χ1v) is 6.10. The maximum absolute atomic E-state index is 11.4. The number of methoxy groups -OCH3 is 1. The van der Waals surface area contributed by atoms with E-state index >= 15 is 0 Å². The van der Waals surface area contributed by atoms with Gasteiger partial charge in [0.05, 0.1) is 13.2 Å². The van der Waals surface area contributed by atoms with E-state index in [1.807, 2.05) is 0 Å². The Bertz CT molecular complexity index is 506. The predicted molar refractivity (Wildman–Crippen MR) is 68.5 cm³/mol. The number of fused-ring (bicyclic) bond motifs is 1. The van der Waals surface area contributed by atoms with Crippen molar-refractivity contribution in [3.63, 3.8) is 0 Å². The third kappa shape index (κ3) is 3.06. The highest BCUT2D eigenvalue weighted by Crippen LogP contribution is 2.26.